The average molecular weight is 449 g/mol. The van der Waals surface area contributed by atoms with Crippen LogP contribution in [0, 0.1) is 5.82 Å². The summed E-state index contributed by atoms with van der Waals surface area (Å²) in [5.41, 5.74) is 2.60. The molecule has 2 N–H and O–H groups in total. The van der Waals surface area contributed by atoms with Gasteiger partial charge in [0.05, 0.1) is 12.1 Å². The number of carbonyl (C=O) groups excluding carboxylic acids is 1. The first-order valence-electron chi connectivity index (χ1n) is 11.3. The molecular weight excluding hydrogens is 419 g/mol. The van der Waals surface area contributed by atoms with Gasteiger partial charge in [-0.25, -0.2) is 4.39 Å². The highest BCUT2D eigenvalue weighted by Crippen LogP contribution is 2.17. The SMILES string of the molecule is O=C(N[C@H]1CN(Cc2ccc(F)cc2)CCC[C@H]1O)c1ccc(OCc2ccccc2)cc1. The Hall–Kier alpha value is -3.22. The first-order valence-corrected chi connectivity index (χ1v) is 11.3. The number of carbonyl (C=O) groups is 1. The van der Waals surface area contributed by atoms with Gasteiger partial charge in [-0.3, -0.25) is 9.69 Å². The predicted molar refractivity (Wildman–Crippen MR) is 125 cm³/mol. The number of nitrogens with zero attached hydrogens (tertiary/aromatic N) is 1. The molecule has 1 saturated heterocycles. The number of rotatable bonds is 7. The van der Waals surface area contributed by atoms with Crippen molar-refractivity contribution in [2.45, 2.75) is 38.1 Å². The predicted octanol–water partition coefficient (Wildman–Crippen LogP) is 4.16. The van der Waals surface area contributed by atoms with Crippen molar-refractivity contribution >= 4 is 5.91 Å². The lowest BCUT2D eigenvalue weighted by Crippen LogP contribution is -2.48. The highest BCUT2D eigenvalue weighted by Gasteiger charge is 2.27. The maximum absolute atomic E-state index is 13.2. The second-order valence-electron chi connectivity index (χ2n) is 8.45. The molecule has 2 atom stereocenters. The van der Waals surface area contributed by atoms with Gasteiger partial charge in [-0.2, -0.15) is 0 Å². The Balaban J connectivity index is 1.33. The standard InChI is InChI=1S/C27H29FN2O3/c28-23-12-8-20(9-13-23)17-30-16-4-7-26(31)25(18-30)29-27(32)22-10-14-24(15-11-22)33-19-21-5-2-1-3-6-21/h1-3,5-6,8-15,25-26,31H,4,7,16-19H2,(H,29,32)/t25-,26+/m0/s1. The van der Waals surface area contributed by atoms with Crippen LogP contribution in [0.3, 0.4) is 0 Å². The number of hydrogen-bond donors (Lipinski definition) is 2. The number of hydrogen-bond acceptors (Lipinski definition) is 4. The van der Waals surface area contributed by atoms with Gasteiger partial charge >= 0.3 is 0 Å². The molecule has 1 fully saturated rings. The molecule has 1 amide bonds. The van der Waals surface area contributed by atoms with E-state index in [-0.39, 0.29) is 17.8 Å². The molecule has 1 heterocycles. The topological polar surface area (TPSA) is 61.8 Å². The molecule has 172 valence electrons. The van der Waals surface area contributed by atoms with Gasteiger partial charge in [0.1, 0.15) is 18.2 Å². The molecule has 1 aliphatic rings. The normalized spacial score (nSPS) is 19.0. The van der Waals surface area contributed by atoms with Gasteiger partial charge in [-0.1, -0.05) is 42.5 Å². The maximum Gasteiger partial charge on any atom is 0.251 e. The molecule has 0 unspecified atom stereocenters. The van der Waals surface area contributed by atoms with E-state index in [9.17, 15) is 14.3 Å². The van der Waals surface area contributed by atoms with Crippen molar-refractivity contribution in [1.82, 2.24) is 10.2 Å². The van der Waals surface area contributed by atoms with E-state index in [1.165, 1.54) is 12.1 Å². The van der Waals surface area contributed by atoms with Crippen molar-refractivity contribution < 1.29 is 19.0 Å². The lowest BCUT2D eigenvalue weighted by Gasteiger charge is -2.27. The zero-order valence-electron chi connectivity index (χ0n) is 18.5. The van der Waals surface area contributed by atoms with Gasteiger partial charge in [0, 0.05) is 18.7 Å². The largest absolute Gasteiger partial charge is 0.489 e. The highest BCUT2D eigenvalue weighted by atomic mass is 19.1. The third kappa shape index (κ3) is 6.63. The van der Waals surface area contributed by atoms with Crippen LogP contribution in [0.25, 0.3) is 0 Å². The van der Waals surface area contributed by atoms with Crippen LogP contribution in [0.5, 0.6) is 5.75 Å². The molecule has 0 spiro atoms. The van der Waals surface area contributed by atoms with Gasteiger partial charge in [-0.15, -0.1) is 0 Å². The summed E-state index contributed by atoms with van der Waals surface area (Å²) >= 11 is 0. The van der Waals surface area contributed by atoms with Crippen LogP contribution in [0.4, 0.5) is 4.39 Å². The molecule has 1 aliphatic heterocycles. The lowest BCUT2D eigenvalue weighted by molar-refractivity contribution is 0.0798. The van der Waals surface area contributed by atoms with Crippen LogP contribution >= 0.6 is 0 Å². The molecule has 0 aliphatic carbocycles. The lowest BCUT2D eigenvalue weighted by atomic mass is 10.1. The smallest absolute Gasteiger partial charge is 0.251 e. The minimum atomic E-state index is -0.611. The number of aliphatic hydroxyl groups excluding tert-OH is 1. The Morgan fingerprint density at radius 3 is 2.45 bits per heavy atom. The summed E-state index contributed by atoms with van der Waals surface area (Å²) in [6, 6.07) is 23.0. The van der Waals surface area contributed by atoms with Crippen LogP contribution in [0.1, 0.15) is 34.3 Å². The quantitative estimate of drug-likeness (QED) is 0.570. The number of ether oxygens (including phenoxy) is 1. The monoisotopic (exact) mass is 448 g/mol. The third-order valence-corrected chi connectivity index (χ3v) is 5.89. The van der Waals surface area contributed by atoms with E-state index in [4.69, 9.17) is 4.74 Å². The molecule has 33 heavy (non-hydrogen) atoms. The Kier molecular flexibility index (Phi) is 7.70. The summed E-state index contributed by atoms with van der Waals surface area (Å²) in [7, 11) is 0. The second kappa shape index (κ2) is 11.1. The fraction of sp³-hybridized carbons (Fsp3) is 0.296. The fourth-order valence-electron chi connectivity index (χ4n) is 4.04. The number of likely N-dealkylation sites (tertiary alicyclic amines) is 1. The number of amides is 1. The van der Waals surface area contributed by atoms with Crippen molar-refractivity contribution in [3.63, 3.8) is 0 Å². The van der Waals surface area contributed by atoms with Crippen molar-refractivity contribution in [2.75, 3.05) is 13.1 Å². The fourth-order valence-corrected chi connectivity index (χ4v) is 4.04. The highest BCUT2D eigenvalue weighted by molar-refractivity contribution is 5.94. The zero-order chi connectivity index (χ0) is 23.0. The van der Waals surface area contributed by atoms with Gasteiger partial charge in [-0.05, 0) is 66.9 Å². The molecule has 0 bridgehead atoms. The van der Waals surface area contributed by atoms with Gasteiger partial charge in [0.15, 0.2) is 0 Å². The van der Waals surface area contributed by atoms with E-state index < -0.39 is 6.10 Å². The minimum absolute atomic E-state index is 0.225. The molecule has 5 nitrogen and oxygen atoms in total. The summed E-state index contributed by atoms with van der Waals surface area (Å²) in [6.07, 6.45) is 0.847. The van der Waals surface area contributed by atoms with Crippen LogP contribution in [-0.4, -0.2) is 41.1 Å². The average Bonchev–Trinajstić information content (AvgIpc) is 3.01. The number of aliphatic hydroxyl groups is 1. The first-order chi connectivity index (χ1) is 16.1. The first kappa shape index (κ1) is 23.0. The van der Waals surface area contributed by atoms with Crippen molar-refractivity contribution in [3.05, 3.63) is 101 Å². The van der Waals surface area contributed by atoms with Crippen LogP contribution in [0.15, 0.2) is 78.9 Å². The van der Waals surface area contributed by atoms with Crippen molar-refractivity contribution in [3.8, 4) is 5.75 Å². The molecular formula is C27H29FN2O3. The summed E-state index contributed by atoms with van der Waals surface area (Å²) in [6.45, 7) is 2.45. The number of nitrogens with one attached hydrogen (secondary N) is 1. The van der Waals surface area contributed by atoms with E-state index >= 15 is 0 Å². The van der Waals surface area contributed by atoms with E-state index in [2.05, 4.69) is 10.2 Å². The van der Waals surface area contributed by atoms with Crippen molar-refractivity contribution in [2.24, 2.45) is 0 Å². The minimum Gasteiger partial charge on any atom is -0.489 e. The van der Waals surface area contributed by atoms with E-state index in [1.807, 2.05) is 30.3 Å². The number of benzene rings is 3. The number of halogens is 1. The molecule has 0 radical (unpaired) electrons. The molecule has 0 aromatic heterocycles. The second-order valence-corrected chi connectivity index (χ2v) is 8.45. The molecule has 3 aromatic rings. The molecule has 4 rings (SSSR count). The van der Waals surface area contributed by atoms with Crippen LogP contribution in [0.2, 0.25) is 0 Å². The Bertz CT molecular complexity index is 1030. The third-order valence-electron chi connectivity index (χ3n) is 5.89. The van der Waals surface area contributed by atoms with E-state index in [0.29, 0.717) is 37.4 Å². The van der Waals surface area contributed by atoms with Gasteiger partial charge < -0.3 is 15.2 Å². The van der Waals surface area contributed by atoms with E-state index in [0.717, 1.165) is 24.1 Å². The summed E-state index contributed by atoms with van der Waals surface area (Å²) < 4.78 is 19.0. The van der Waals surface area contributed by atoms with Crippen LogP contribution < -0.4 is 10.1 Å². The van der Waals surface area contributed by atoms with Crippen LogP contribution in [-0.2, 0) is 13.2 Å². The van der Waals surface area contributed by atoms with Gasteiger partial charge in [0.25, 0.3) is 5.91 Å². The molecule has 3 aromatic carbocycles. The Morgan fingerprint density at radius 1 is 1.00 bits per heavy atom. The summed E-state index contributed by atoms with van der Waals surface area (Å²) in [5, 5.41) is 13.6. The summed E-state index contributed by atoms with van der Waals surface area (Å²) in [5.74, 6) is 0.208. The zero-order valence-corrected chi connectivity index (χ0v) is 18.5. The van der Waals surface area contributed by atoms with E-state index in [1.54, 1.807) is 36.4 Å². The summed E-state index contributed by atoms with van der Waals surface area (Å²) in [4.78, 5) is 15.0. The molecule has 0 saturated carbocycles. The maximum atomic E-state index is 13.2. The Labute approximate surface area is 193 Å². The Morgan fingerprint density at radius 2 is 1.73 bits per heavy atom. The van der Waals surface area contributed by atoms with Gasteiger partial charge in [0.2, 0.25) is 0 Å². The van der Waals surface area contributed by atoms with Crippen molar-refractivity contribution in [1.29, 1.82) is 0 Å². The molecule has 6 heteroatoms.